The molecule has 0 aromatic heterocycles. The minimum atomic E-state index is 0.0584. The summed E-state index contributed by atoms with van der Waals surface area (Å²) in [4.78, 5) is 11.1. The van der Waals surface area contributed by atoms with Crippen LogP contribution < -0.4 is 5.32 Å². The molecule has 3 nitrogen and oxygen atoms in total. The summed E-state index contributed by atoms with van der Waals surface area (Å²) in [5.41, 5.74) is 0. The van der Waals surface area contributed by atoms with Gasteiger partial charge in [0.1, 0.15) is 0 Å². The Labute approximate surface area is 97.5 Å². The van der Waals surface area contributed by atoms with Crippen molar-refractivity contribution < 1.29 is 9.53 Å². The fraction of sp³-hybridized carbons (Fsp3) is 0.909. The summed E-state index contributed by atoms with van der Waals surface area (Å²) in [5.74, 6) is 1.27. The van der Waals surface area contributed by atoms with Gasteiger partial charge in [-0.1, -0.05) is 13.8 Å². The van der Waals surface area contributed by atoms with Gasteiger partial charge in [-0.15, -0.1) is 11.6 Å². The Kier molecular flexibility index (Phi) is 10.1. The number of carbonyl (C=O) groups excluding carboxylic acids is 1. The highest BCUT2D eigenvalue weighted by molar-refractivity contribution is 6.17. The molecule has 4 heteroatoms. The molecule has 0 radical (unpaired) electrons. The molecule has 0 spiro atoms. The molecule has 15 heavy (non-hydrogen) atoms. The summed E-state index contributed by atoms with van der Waals surface area (Å²) in [6.07, 6.45) is 2.32. The summed E-state index contributed by atoms with van der Waals surface area (Å²) in [6, 6.07) is 0. The van der Waals surface area contributed by atoms with E-state index in [0.717, 1.165) is 19.4 Å². The maximum Gasteiger partial charge on any atom is 0.220 e. The summed E-state index contributed by atoms with van der Waals surface area (Å²) in [7, 11) is 0. The fourth-order valence-corrected chi connectivity index (χ4v) is 1.13. The van der Waals surface area contributed by atoms with Crippen molar-refractivity contribution in [3.63, 3.8) is 0 Å². The molecular formula is C11H22ClNO2. The van der Waals surface area contributed by atoms with Crippen LogP contribution in [0, 0.1) is 5.92 Å². The van der Waals surface area contributed by atoms with Crippen molar-refractivity contribution in [2.45, 2.75) is 33.1 Å². The quantitative estimate of drug-likeness (QED) is 0.492. The molecule has 0 unspecified atom stereocenters. The second kappa shape index (κ2) is 10.2. The topological polar surface area (TPSA) is 38.3 Å². The normalized spacial score (nSPS) is 10.7. The number of ether oxygens (including phenoxy) is 1. The van der Waals surface area contributed by atoms with Crippen LogP contribution in [0.2, 0.25) is 0 Å². The van der Waals surface area contributed by atoms with Crippen molar-refractivity contribution in [1.29, 1.82) is 0 Å². The summed E-state index contributed by atoms with van der Waals surface area (Å²) >= 11 is 5.47. The smallest absolute Gasteiger partial charge is 0.220 e. The van der Waals surface area contributed by atoms with Gasteiger partial charge < -0.3 is 10.1 Å². The predicted molar refractivity (Wildman–Crippen MR) is 63.2 cm³/mol. The van der Waals surface area contributed by atoms with Crippen LogP contribution in [-0.2, 0) is 9.53 Å². The summed E-state index contributed by atoms with van der Waals surface area (Å²) in [5, 5.41) is 2.78. The summed E-state index contributed by atoms with van der Waals surface area (Å²) < 4.78 is 5.36. The standard InChI is InChI=1S/C11H22ClNO2/c1-10(2)5-8-15-9-7-13-11(14)4-3-6-12/h10H,3-9H2,1-2H3,(H,13,14). The molecule has 0 saturated carbocycles. The first-order chi connectivity index (χ1) is 7.16. The predicted octanol–water partition coefficient (Wildman–Crippen LogP) is 2.18. The molecule has 0 aliphatic heterocycles. The van der Waals surface area contributed by atoms with E-state index in [1.165, 1.54) is 0 Å². The average molecular weight is 236 g/mol. The van der Waals surface area contributed by atoms with Gasteiger partial charge in [0.25, 0.3) is 0 Å². The van der Waals surface area contributed by atoms with Gasteiger partial charge in [-0.2, -0.15) is 0 Å². The zero-order valence-corrected chi connectivity index (χ0v) is 10.5. The number of rotatable bonds is 9. The molecule has 0 atom stereocenters. The largest absolute Gasteiger partial charge is 0.380 e. The minimum absolute atomic E-state index is 0.0584. The zero-order valence-electron chi connectivity index (χ0n) is 9.72. The Morgan fingerprint density at radius 2 is 2.13 bits per heavy atom. The third-order valence-corrected chi connectivity index (χ3v) is 2.21. The fourth-order valence-electron chi connectivity index (χ4n) is 0.999. The van der Waals surface area contributed by atoms with E-state index in [4.69, 9.17) is 16.3 Å². The first-order valence-corrected chi connectivity index (χ1v) is 6.10. The van der Waals surface area contributed by atoms with Gasteiger partial charge >= 0.3 is 0 Å². The molecule has 0 aromatic rings. The van der Waals surface area contributed by atoms with Crippen LogP contribution in [0.15, 0.2) is 0 Å². The van der Waals surface area contributed by atoms with E-state index in [9.17, 15) is 4.79 Å². The van der Waals surface area contributed by atoms with E-state index in [1.54, 1.807) is 0 Å². The molecule has 1 amide bonds. The van der Waals surface area contributed by atoms with Gasteiger partial charge in [0.05, 0.1) is 6.61 Å². The van der Waals surface area contributed by atoms with Crippen molar-refractivity contribution in [2.24, 2.45) is 5.92 Å². The Morgan fingerprint density at radius 1 is 1.40 bits per heavy atom. The van der Waals surface area contributed by atoms with E-state index in [-0.39, 0.29) is 5.91 Å². The third-order valence-electron chi connectivity index (χ3n) is 1.95. The SMILES string of the molecule is CC(C)CCOCCNC(=O)CCCCl. The first-order valence-electron chi connectivity index (χ1n) is 5.57. The highest BCUT2D eigenvalue weighted by Gasteiger charge is 1.99. The van der Waals surface area contributed by atoms with Crippen LogP contribution in [0.4, 0.5) is 0 Å². The molecule has 0 aliphatic carbocycles. The van der Waals surface area contributed by atoms with E-state index >= 15 is 0 Å². The number of alkyl halides is 1. The van der Waals surface area contributed by atoms with Crippen LogP contribution in [0.1, 0.15) is 33.1 Å². The van der Waals surface area contributed by atoms with Crippen LogP contribution in [0.25, 0.3) is 0 Å². The van der Waals surface area contributed by atoms with E-state index in [1.807, 2.05) is 0 Å². The number of hydrogen-bond acceptors (Lipinski definition) is 2. The van der Waals surface area contributed by atoms with Crippen molar-refractivity contribution in [2.75, 3.05) is 25.6 Å². The number of nitrogens with one attached hydrogen (secondary N) is 1. The highest BCUT2D eigenvalue weighted by Crippen LogP contribution is 1.98. The second-order valence-electron chi connectivity index (χ2n) is 3.94. The minimum Gasteiger partial charge on any atom is -0.380 e. The Hall–Kier alpha value is -0.280. The first kappa shape index (κ1) is 14.7. The van der Waals surface area contributed by atoms with E-state index in [2.05, 4.69) is 19.2 Å². The molecule has 0 bridgehead atoms. The molecule has 0 rings (SSSR count). The van der Waals surface area contributed by atoms with Gasteiger partial charge in [0.2, 0.25) is 5.91 Å². The van der Waals surface area contributed by atoms with Gasteiger partial charge in [0, 0.05) is 25.5 Å². The molecule has 1 N–H and O–H groups in total. The third kappa shape index (κ3) is 11.6. The average Bonchev–Trinajstić information content (AvgIpc) is 2.19. The monoisotopic (exact) mass is 235 g/mol. The van der Waals surface area contributed by atoms with Crippen LogP contribution in [-0.4, -0.2) is 31.5 Å². The molecule has 0 aromatic carbocycles. The van der Waals surface area contributed by atoms with Crippen LogP contribution in [0.5, 0.6) is 0 Å². The molecule has 0 aliphatic rings. The number of hydrogen-bond donors (Lipinski definition) is 1. The number of halogens is 1. The maximum absolute atomic E-state index is 11.1. The van der Waals surface area contributed by atoms with E-state index in [0.29, 0.717) is 31.4 Å². The lowest BCUT2D eigenvalue weighted by Gasteiger charge is -2.07. The van der Waals surface area contributed by atoms with Crippen molar-refractivity contribution in [3.8, 4) is 0 Å². The molecule has 0 fully saturated rings. The Balaban J connectivity index is 3.13. The van der Waals surface area contributed by atoms with Crippen molar-refractivity contribution in [1.82, 2.24) is 5.32 Å². The lowest BCUT2D eigenvalue weighted by atomic mass is 10.1. The van der Waals surface area contributed by atoms with E-state index < -0.39 is 0 Å². The lowest BCUT2D eigenvalue weighted by molar-refractivity contribution is -0.121. The lowest BCUT2D eigenvalue weighted by Crippen LogP contribution is -2.27. The Bertz CT molecular complexity index is 163. The number of carbonyl (C=O) groups is 1. The zero-order chi connectivity index (χ0) is 11.5. The Morgan fingerprint density at radius 3 is 2.73 bits per heavy atom. The summed E-state index contributed by atoms with van der Waals surface area (Å²) in [6.45, 7) is 6.29. The molecular weight excluding hydrogens is 214 g/mol. The van der Waals surface area contributed by atoms with Gasteiger partial charge in [-0.05, 0) is 18.8 Å². The van der Waals surface area contributed by atoms with Crippen molar-refractivity contribution >= 4 is 17.5 Å². The second-order valence-corrected chi connectivity index (χ2v) is 4.32. The maximum atomic E-state index is 11.1. The molecule has 0 saturated heterocycles. The van der Waals surface area contributed by atoms with Crippen molar-refractivity contribution in [3.05, 3.63) is 0 Å². The van der Waals surface area contributed by atoms with Gasteiger partial charge in [-0.25, -0.2) is 0 Å². The van der Waals surface area contributed by atoms with Crippen LogP contribution in [0.3, 0.4) is 0 Å². The number of amides is 1. The molecule has 90 valence electrons. The van der Waals surface area contributed by atoms with Crippen LogP contribution >= 0.6 is 11.6 Å². The molecule has 0 heterocycles. The van der Waals surface area contributed by atoms with Gasteiger partial charge in [0.15, 0.2) is 0 Å². The van der Waals surface area contributed by atoms with Gasteiger partial charge in [-0.3, -0.25) is 4.79 Å². The highest BCUT2D eigenvalue weighted by atomic mass is 35.5.